The monoisotopic (exact) mass is 382 g/mol. The van der Waals surface area contributed by atoms with E-state index in [4.69, 9.17) is 27.9 Å². The molecule has 0 aliphatic heterocycles. The van der Waals surface area contributed by atoms with Gasteiger partial charge in [0.2, 0.25) is 0 Å². The molecule has 0 aliphatic carbocycles. The van der Waals surface area contributed by atoms with Gasteiger partial charge in [-0.1, -0.05) is 53.5 Å². The maximum absolute atomic E-state index is 12.4. The highest BCUT2D eigenvalue weighted by molar-refractivity contribution is 6.41. The lowest BCUT2D eigenvalue weighted by Crippen LogP contribution is -2.35. The van der Waals surface area contributed by atoms with Crippen molar-refractivity contribution in [2.45, 2.75) is 13.3 Å². The van der Waals surface area contributed by atoms with E-state index in [-0.39, 0.29) is 23.6 Å². The molecule has 0 fully saturated rings. The average Bonchev–Trinajstić information content (AvgIpc) is 2.87. The standard InChI is InChI=1S/C18H20Cl2N2O3/c1-3-25-18(24)13(9-12-7-5-4-6-8-12)11-21-17(23)15-10-14(19)16(20)22(15)2/h4-8,10,13H,3,9,11H2,1-2H3,(H,21,23). The van der Waals surface area contributed by atoms with Crippen LogP contribution in [-0.4, -0.2) is 29.6 Å². The van der Waals surface area contributed by atoms with E-state index in [9.17, 15) is 9.59 Å². The molecule has 2 aromatic rings. The van der Waals surface area contributed by atoms with Gasteiger partial charge in [0.15, 0.2) is 0 Å². The van der Waals surface area contributed by atoms with E-state index in [1.807, 2.05) is 30.3 Å². The first-order valence-corrected chi connectivity index (χ1v) is 8.69. The molecular weight excluding hydrogens is 363 g/mol. The summed E-state index contributed by atoms with van der Waals surface area (Å²) < 4.78 is 6.62. The number of nitrogens with one attached hydrogen (secondary N) is 1. The second-order valence-corrected chi connectivity index (χ2v) is 6.34. The van der Waals surface area contributed by atoms with Gasteiger partial charge in [0.05, 0.1) is 17.5 Å². The van der Waals surface area contributed by atoms with Crippen LogP contribution in [0.3, 0.4) is 0 Å². The van der Waals surface area contributed by atoms with Crippen LogP contribution in [0.4, 0.5) is 0 Å². The zero-order valence-corrected chi connectivity index (χ0v) is 15.6. The van der Waals surface area contributed by atoms with Gasteiger partial charge in [0, 0.05) is 13.6 Å². The Balaban J connectivity index is 2.07. The van der Waals surface area contributed by atoms with Crippen LogP contribution in [0.5, 0.6) is 0 Å². The van der Waals surface area contributed by atoms with E-state index in [0.717, 1.165) is 5.56 Å². The Morgan fingerprint density at radius 1 is 1.24 bits per heavy atom. The number of nitrogens with zero attached hydrogens (tertiary/aromatic N) is 1. The first-order valence-electron chi connectivity index (χ1n) is 7.93. The van der Waals surface area contributed by atoms with Crippen molar-refractivity contribution >= 4 is 35.1 Å². The minimum atomic E-state index is -0.475. The van der Waals surface area contributed by atoms with Crippen molar-refractivity contribution in [1.82, 2.24) is 9.88 Å². The van der Waals surface area contributed by atoms with Gasteiger partial charge in [-0.25, -0.2) is 0 Å². The number of hydrogen-bond acceptors (Lipinski definition) is 3. The normalized spacial score (nSPS) is 11.8. The van der Waals surface area contributed by atoms with E-state index in [1.165, 1.54) is 10.6 Å². The molecule has 0 radical (unpaired) electrons. The zero-order valence-electron chi connectivity index (χ0n) is 14.1. The van der Waals surface area contributed by atoms with Crippen molar-refractivity contribution in [1.29, 1.82) is 0 Å². The number of esters is 1. The van der Waals surface area contributed by atoms with E-state index < -0.39 is 5.92 Å². The number of aromatic nitrogens is 1. The minimum Gasteiger partial charge on any atom is -0.466 e. The summed E-state index contributed by atoms with van der Waals surface area (Å²) in [6.45, 7) is 2.21. The molecule has 134 valence electrons. The molecular formula is C18H20Cl2N2O3. The fourth-order valence-corrected chi connectivity index (χ4v) is 2.84. The van der Waals surface area contributed by atoms with Crippen LogP contribution < -0.4 is 5.32 Å². The van der Waals surface area contributed by atoms with Gasteiger partial charge in [-0.3, -0.25) is 9.59 Å². The third-order valence-electron chi connectivity index (χ3n) is 3.80. The van der Waals surface area contributed by atoms with Gasteiger partial charge >= 0.3 is 5.97 Å². The molecule has 1 aromatic carbocycles. The molecule has 0 saturated carbocycles. The first kappa shape index (κ1) is 19.3. The second kappa shape index (κ2) is 8.92. The Bertz CT molecular complexity index is 744. The maximum atomic E-state index is 12.4. The Labute approximate surface area is 156 Å². The van der Waals surface area contributed by atoms with Crippen molar-refractivity contribution in [2.75, 3.05) is 13.2 Å². The summed E-state index contributed by atoms with van der Waals surface area (Å²) in [5, 5.41) is 3.36. The highest BCUT2D eigenvalue weighted by Gasteiger charge is 2.23. The molecule has 0 saturated heterocycles. The lowest BCUT2D eigenvalue weighted by Gasteiger charge is -2.16. The van der Waals surface area contributed by atoms with Gasteiger partial charge in [0.25, 0.3) is 5.91 Å². The molecule has 0 spiro atoms. The van der Waals surface area contributed by atoms with Crippen molar-refractivity contribution < 1.29 is 14.3 Å². The number of ether oxygens (including phenoxy) is 1. The van der Waals surface area contributed by atoms with Crippen molar-refractivity contribution in [2.24, 2.45) is 13.0 Å². The number of benzene rings is 1. The van der Waals surface area contributed by atoms with Crippen LogP contribution in [0.15, 0.2) is 36.4 Å². The predicted octanol–water partition coefficient (Wildman–Crippen LogP) is 3.48. The summed E-state index contributed by atoms with van der Waals surface area (Å²) in [4.78, 5) is 24.6. The third-order valence-corrected chi connectivity index (χ3v) is 4.64. The lowest BCUT2D eigenvalue weighted by atomic mass is 9.99. The lowest BCUT2D eigenvalue weighted by molar-refractivity contribution is -0.147. The highest BCUT2D eigenvalue weighted by Crippen LogP contribution is 2.25. The molecule has 5 nitrogen and oxygen atoms in total. The maximum Gasteiger partial charge on any atom is 0.311 e. The van der Waals surface area contributed by atoms with Crippen molar-refractivity contribution in [3.63, 3.8) is 0 Å². The molecule has 1 aromatic heterocycles. The summed E-state index contributed by atoms with van der Waals surface area (Å²) >= 11 is 11.9. The summed E-state index contributed by atoms with van der Waals surface area (Å²) in [5.41, 5.74) is 1.33. The van der Waals surface area contributed by atoms with Crippen LogP contribution >= 0.6 is 23.2 Å². The smallest absolute Gasteiger partial charge is 0.311 e. The van der Waals surface area contributed by atoms with Crippen LogP contribution in [0.1, 0.15) is 23.0 Å². The number of rotatable bonds is 7. The Hall–Kier alpha value is -1.98. The number of carbonyl (C=O) groups is 2. The van der Waals surface area contributed by atoms with Gasteiger partial charge < -0.3 is 14.6 Å². The second-order valence-electron chi connectivity index (χ2n) is 5.58. The number of carbonyl (C=O) groups excluding carboxylic acids is 2. The van der Waals surface area contributed by atoms with Crippen molar-refractivity contribution in [3.8, 4) is 0 Å². The van der Waals surface area contributed by atoms with Crippen LogP contribution in [0, 0.1) is 5.92 Å². The average molecular weight is 383 g/mol. The fourth-order valence-electron chi connectivity index (χ4n) is 2.46. The molecule has 0 bridgehead atoms. The number of halogens is 2. The molecule has 1 atom stereocenters. The van der Waals surface area contributed by atoms with Crippen LogP contribution in [-0.2, 0) is 23.0 Å². The van der Waals surface area contributed by atoms with Crippen LogP contribution in [0.25, 0.3) is 0 Å². The molecule has 2 rings (SSSR count). The molecule has 1 heterocycles. The molecule has 7 heteroatoms. The van der Waals surface area contributed by atoms with Gasteiger partial charge in [-0.2, -0.15) is 0 Å². The number of hydrogen-bond donors (Lipinski definition) is 1. The molecule has 25 heavy (non-hydrogen) atoms. The van der Waals surface area contributed by atoms with Crippen LogP contribution in [0.2, 0.25) is 10.2 Å². The van der Waals surface area contributed by atoms with Crippen molar-refractivity contribution in [3.05, 3.63) is 57.8 Å². The topological polar surface area (TPSA) is 60.3 Å². The quantitative estimate of drug-likeness (QED) is 0.745. The van der Waals surface area contributed by atoms with E-state index in [0.29, 0.717) is 23.7 Å². The van der Waals surface area contributed by atoms with E-state index in [2.05, 4.69) is 5.32 Å². The van der Waals surface area contributed by atoms with Gasteiger partial charge in [-0.15, -0.1) is 0 Å². The molecule has 0 aliphatic rings. The Kier molecular flexibility index (Phi) is 6.91. The first-order chi connectivity index (χ1) is 11.9. The summed E-state index contributed by atoms with van der Waals surface area (Å²) in [6, 6.07) is 11.1. The van der Waals surface area contributed by atoms with Gasteiger partial charge in [0.1, 0.15) is 10.8 Å². The molecule has 1 unspecified atom stereocenters. The largest absolute Gasteiger partial charge is 0.466 e. The summed E-state index contributed by atoms with van der Waals surface area (Å²) in [6.07, 6.45) is 0.481. The predicted molar refractivity (Wildman–Crippen MR) is 98.0 cm³/mol. The SMILES string of the molecule is CCOC(=O)C(CNC(=O)c1cc(Cl)c(Cl)n1C)Cc1ccccc1. The summed E-state index contributed by atoms with van der Waals surface area (Å²) in [5.74, 6) is -1.16. The summed E-state index contributed by atoms with van der Waals surface area (Å²) in [7, 11) is 1.65. The number of amides is 1. The van der Waals surface area contributed by atoms with E-state index >= 15 is 0 Å². The van der Waals surface area contributed by atoms with Gasteiger partial charge in [-0.05, 0) is 25.0 Å². The molecule has 1 amide bonds. The fraction of sp³-hybridized carbons (Fsp3) is 0.333. The molecule has 1 N–H and O–H groups in total. The minimum absolute atomic E-state index is 0.160. The van der Waals surface area contributed by atoms with E-state index in [1.54, 1.807) is 14.0 Å². The Morgan fingerprint density at radius 2 is 1.92 bits per heavy atom. The Morgan fingerprint density at radius 3 is 2.48 bits per heavy atom. The zero-order chi connectivity index (χ0) is 18.4. The third kappa shape index (κ3) is 5.00. The highest BCUT2D eigenvalue weighted by atomic mass is 35.5.